The summed E-state index contributed by atoms with van der Waals surface area (Å²) in [5, 5.41) is 0. The van der Waals surface area contributed by atoms with Crippen LogP contribution in [0.5, 0.6) is 0 Å². The molecule has 0 bridgehead atoms. The fraction of sp³-hybridized carbons (Fsp3) is 0.333. The molecule has 1 heterocycles. The van der Waals surface area contributed by atoms with Gasteiger partial charge in [-0.3, -0.25) is 19.3 Å². The SMILES string of the molecule is C[CH]N1C(=O)CC(=O)C1=O. The summed E-state index contributed by atoms with van der Waals surface area (Å²) in [6.07, 6.45) is -0.275. The Kier molecular flexibility index (Phi) is 1.53. The smallest absolute Gasteiger partial charge is 0.288 e. The van der Waals surface area contributed by atoms with E-state index in [4.69, 9.17) is 0 Å². The molecule has 0 N–H and O–H groups in total. The third-order valence-electron chi connectivity index (χ3n) is 1.30. The summed E-state index contributed by atoms with van der Waals surface area (Å²) < 4.78 is 0. The monoisotopic (exact) mass is 140 g/mol. The second-order valence-electron chi connectivity index (χ2n) is 1.93. The van der Waals surface area contributed by atoms with Gasteiger partial charge in [0, 0.05) is 0 Å². The van der Waals surface area contributed by atoms with Crippen molar-refractivity contribution in [2.75, 3.05) is 0 Å². The maximum atomic E-state index is 10.7. The van der Waals surface area contributed by atoms with Gasteiger partial charge in [-0.2, -0.15) is 0 Å². The number of amides is 2. The molecule has 0 aromatic carbocycles. The molecule has 1 rings (SSSR count). The highest BCUT2D eigenvalue weighted by Crippen LogP contribution is 2.08. The van der Waals surface area contributed by atoms with Crippen LogP contribution in [0.4, 0.5) is 0 Å². The minimum atomic E-state index is -0.715. The molecule has 0 aliphatic carbocycles. The van der Waals surface area contributed by atoms with Crippen molar-refractivity contribution in [3.8, 4) is 0 Å². The fourth-order valence-electron chi connectivity index (χ4n) is 0.807. The number of Topliss-reactive ketones (excluding diaryl/α,β-unsaturated/α-hetero) is 1. The first kappa shape index (κ1) is 6.92. The minimum absolute atomic E-state index is 0.275. The molecule has 0 spiro atoms. The van der Waals surface area contributed by atoms with Crippen molar-refractivity contribution in [1.29, 1.82) is 0 Å². The van der Waals surface area contributed by atoms with Gasteiger partial charge in [-0.05, 0) is 6.92 Å². The minimum Gasteiger partial charge on any atom is -0.288 e. The molecule has 1 fully saturated rings. The molecule has 4 heteroatoms. The van der Waals surface area contributed by atoms with E-state index >= 15 is 0 Å². The zero-order valence-corrected chi connectivity index (χ0v) is 5.46. The highest BCUT2D eigenvalue weighted by Gasteiger charge is 2.35. The molecule has 2 amide bonds. The maximum absolute atomic E-state index is 10.7. The highest BCUT2D eigenvalue weighted by molar-refractivity contribution is 6.46. The first-order valence-corrected chi connectivity index (χ1v) is 2.85. The van der Waals surface area contributed by atoms with E-state index < -0.39 is 17.6 Å². The van der Waals surface area contributed by atoms with Crippen molar-refractivity contribution >= 4 is 17.6 Å². The molecule has 1 aliphatic rings. The molecule has 0 unspecified atom stereocenters. The Morgan fingerprint density at radius 2 is 2.00 bits per heavy atom. The van der Waals surface area contributed by atoms with Crippen LogP contribution in [0.1, 0.15) is 13.3 Å². The van der Waals surface area contributed by atoms with Crippen molar-refractivity contribution in [3.63, 3.8) is 0 Å². The van der Waals surface area contributed by atoms with Crippen LogP contribution in [0.15, 0.2) is 0 Å². The van der Waals surface area contributed by atoms with Crippen LogP contribution >= 0.6 is 0 Å². The highest BCUT2D eigenvalue weighted by atomic mass is 16.2. The van der Waals surface area contributed by atoms with Crippen molar-refractivity contribution in [3.05, 3.63) is 6.54 Å². The van der Waals surface area contributed by atoms with Gasteiger partial charge in [0.05, 0.1) is 13.0 Å². The Morgan fingerprint density at radius 3 is 2.20 bits per heavy atom. The summed E-state index contributed by atoms with van der Waals surface area (Å²) >= 11 is 0. The molecular formula is C6H6NO3. The molecule has 1 aliphatic heterocycles. The van der Waals surface area contributed by atoms with Gasteiger partial charge in [0.1, 0.15) is 0 Å². The van der Waals surface area contributed by atoms with Gasteiger partial charge in [-0.15, -0.1) is 0 Å². The first-order valence-electron chi connectivity index (χ1n) is 2.85. The van der Waals surface area contributed by atoms with Crippen molar-refractivity contribution in [2.24, 2.45) is 0 Å². The number of nitrogens with zero attached hydrogens (tertiary/aromatic N) is 1. The molecule has 0 aromatic rings. The predicted octanol–water partition coefficient (Wildman–Crippen LogP) is -0.504. The predicted molar refractivity (Wildman–Crippen MR) is 31.5 cm³/mol. The van der Waals surface area contributed by atoms with E-state index in [2.05, 4.69) is 0 Å². The van der Waals surface area contributed by atoms with E-state index in [9.17, 15) is 14.4 Å². The Balaban J connectivity index is 2.84. The molecular weight excluding hydrogens is 134 g/mol. The number of imide groups is 1. The van der Waals surface area contributed by atoms with Gasteiger partial charge in [0.2, 0.25) is 11.7 Å². The zero-order valence-electron chi connectivity index (χ0n) is 5.46. The summed E-state index contributed by atoms with van der Waals surface area (Å²) in [7, 11) is 0. The Morgan fingerprint density at radius 1 is 1.40 bits per heavy atom. The van der Waals surface area contributed by atoms with E-state index in [0.29, 0.717) is 0 Å². The van der Waals surface area contributed by atoms with E-state index in [1.54, 1.807) is 0 Å². The summed E-state index contributed by atoms with van der Waals surface area (Å²) in [5.74, 6) is -1.77. The normalized spacial score (nSPS) is 18.9. The average molecular weight is 140 g/mol. The van der Waals surface area contributed by atoms with Gasteiger partial charge < -0.3 is 0 Å². The van der Waals surface area contributed by atoms with Gasteiger partial charge in [0.25, 0.3) is 5.91 Å². The van der Waals surface area contributed by atoms with Gasteiger partial charge in [0.15, 0.2) is 0 Å². The Hall–Kier alpha value is -1.19. The van der Waals surface area contributed by atoms with E-state index in [-0.39, 0.29) is 6.42 Å². The largest absolute Gasteiger partial charge is 0.297 e. The Bertz CT molecular complexity index is 209. The number of rotatable bonds is 1. The second kappa shape index (κ2) is 2.21. The molecule has 1 radical (unpaired) electrons. The van der Waals surface area contributed by atoms with Crippen molar-refractivity contribution < 1.29 is 14.4 Å². The standard InChI is InChI=1S/C6H6NO3/c1-2-7-5(9)3-4(8)6(7)10/h2H,3H2,1H3. The van der Waals surface area contributed by atoms with Crippen molar-refractivity contribution in [2.45, 2.75) is 13.3 Å². The van der Waals surface area contributed by atoms with E-state index in [1.807, 2.05) is 0 Å². The van der Waals surface area contributed by atoms with E-state index in [0.717, 1.165) is 4.90 Å². The number of carbonyl (C=O) groups is 3. The molecule has 10 heavy (non-hydrogen) atoms. The molecule has 1 saturated heterocycles. The molecule has 0 aromatic heterocycles. The van der Waals surface area contributed by atoms with Crippen LogP contribution in [0, 0.1) is 6.54 Å². The summed E-state index contributed by atoms with van der Waals surface area (Å²) in [5.41, 5.74) is 0. The summed E-state index contributed by atoms with van der Waals surface area (Å²) in [6, 6.07) is 0. The number of hydrogen-bond donors (Lipinski definition) is 0. The lowest BCUT2D eigenvalue weighted by molar-refractivity contribution is -0.141. The molecule has 0 saturated carbocycles. The third-order valence-corrected chi connectivity index (χ3v) is 1.30. The van der Waals surface area contributed by atoms with Crippen molar-refractivity contribution in [1.82, 2.24) is 4.90 Å². The third kappa shape index (κ3) is 0.814. The lowest BCUT2D eigenvalue weighted by atomic mass is 10.3. The second-order valence-corrected chi connectivity index (χ2v) is 1.93. The summed E-state index contributed by atoms with van der Waals surface area (Å²) in [4.78, 5) is 32.7. The number of likely N-dealkylation sites (tertiary alicyclic amines) is 1. The topological polar surface area (TPSA) is 54.5 Å². The molecule has 0 atom stereocenters. The van der Waals surface area contributed by atoms with Gasteiger partial charge >= 0.3 is 0 Å². The quantitative estimate of drug-likeness (QED) is 0.280. The van der Waals surface area contributed by atoms with Crippen LogP contribution in [0.2, 0.25) is 0 Å². The molecule has 4 nitrogen and oxygen atoms in total. The first-order chi connectivity index (χ1) is 4.66. The lowest BCUT2D eigenvalue weighted by Crippen LogP contribution is -2.26. The zero-order chi connectivity index (χ0) is 7.72. The number of carbonyl (C=O) groups excluding carboxylic acids is 3. The fourth-order valence-corrected chi connectivity index (χ4v) is 0.807. The number of ketones is 1. The van der Waals surface area contributed by atoms with Crippen LogP contribution in [-0.2, 0) is 14.4 Å². The van der Waals surface area contributed by atoms with Gasteiger partial charge in [-0.1, -0.05) is 0 Å². The Labute approximate surface area is 57.8 Å². The van der Waals surface area contributed by atoms with Crippen LogP contribution in [-0.4, -0.2) is 22.5 Å². The van der Waals surface area contributed by atoms with Crippen LogP contribution < -0.4 is 0 Å². The lowest BCUT2D eigenvalue weighted by Gasteiger charge is -2.05. The summed E-state index contributed by atoms with van der Waals surface area (Å²) in [6.45, 7) is 2.84. The average Bonchev–Trinajstić information content (AvgIpc) is 2.09. The van der Waals surface area contributed by atoms with Gasteiger partial charge in [-0.25, -0.2) is 0 Å². The van der Waals surface area contributed by atoms with Crippen LogP contribution in [0.25, 0.3) is 0 Å². The maximum Gasteiger partial charge on any atom is 0.297 e. The molecule has 53 valence electrons. The van der Waals surface area contributed by atoms with E-state index in [1.165, 1.54) is 13.5 Å². The van der Waals surface area contributed by atoms with Crippen LogP contribution in [0.3, 0.4) is 0 Å². The number of hydrogen-bond acceptors (Lipinski definition) is 3.